The molecule has 0 saturated heterocycles. The number of rotatable bonds is 12. The SMILES string of the molecule is CC.CNCC1CCC(CCOC)CC1.COCC(Nc1ccc(C=O)cc1Cl)c1cc(Br)ccc1OC. The minimum atomic E-state index is -0.160. The monoisotopic (exact) mass is 612 g/mol. The minimum Gasteiger partial charge on any atom is -0.496 e. The molecule has 1 saturated carbocycles. The summed E-state index contributed by atoms with van der Waals surface area (Å²) in [4.78, 5) is 10.8. The Balaban J connectivity index is 0.000000408. The lowest BCUT2D eigenvalue weighted by atomic mass is 9.81. The molecule has 0 spiro atoms. The van der Waals surface area contributed by atoms with Gasteiger partial charge in [-0.2, -0.15) is 0 Å². The molecule has 0 bridgehead atoms. The average Bonchev–Trinajstić information content (AvgIpc) is 2.95. The third kappa shape index (κ3) is 12.0. The summed E-state index contributed by atoms with van der Waals surface area (Å²) >= 11 is 9.72. The van der Waals surface area contributed by atoms with Gasteiger partial charge in [-0.3, -0.25) is 4.79 Å². The molecule has 1 fully saturated rings. The van der Waals surface area contributed by atoms with Gasteiger partial charge in [0.25, 0.3) is 0 Å². The highest BCUT2D eigenvalue weighted by molar-refractivity contribution is 9.10. The van der Waals surface area contributed by atoms with Gasteiger partial charge in [0.1, 0.15) is 12.0 Å². The Labute approximate surface area is 243 Å². The highest BCUT2D eigenvalue weighted by Crippen LogP contribution is 2.33. The molecule has 0 heterocycles. The van der Waals surface area contributed by atoms with Crippen LogP contribution in [0.25, 0.3) is 0 Å². The molecular formula is C30H46BrClN2O4. The van der Waals surface area contributed by atoms with E-state index >= 15 is 0 Å². The fourth-order valence-electron chi connectivity index (χ4n) is 4.56. The van der Waals surface area contributed by atoms with Crippen molar-refractivity contribution in [3.8, 4) is 5.75 Å². The molecule has 8 heteroatoms. The fourth-order valence-corrected chi connectivity index (χ4v) is 5.18. The number of carbonyl (C=O) groups excluding carboxylic acids is 1. The Kier molecular flexibility index (Phi) is 18.4. The van der Waals surface area contributed by atoms with Crippen molar-refractivity contribution in [2.75, 3.05) is 53.5 Å². The zero-order chi connectivity index (χ0) is 28.3. The van der Waals surface area contributed by atoms with Crippen molar-refractivity contribution in [3.63, 3.8) is 0 Å². The lowest BCUT2D eigenvalue weighted by Crippen LogP contribution is -2.24. The first-order chi connectivity index (χ1) is 18.4. The van der Waals surface area contributed by atoms with Crippen LogP contribution in [0.4, 0.5) is 5.69 Å². The molecule has 3 rings (SSSR count). The number of hydrogen-bond donors (Lipinski definition) is 2. The summed E-state index contributed by atoms with van der Waals surface area (Å²) in [6.45, 7) is 6.58. The number of aldehydes is 1. The second-order valence-electron chi connectivity index (χ2n) is 9.12. The van der Waals surface area contributed by atoms with E-state index in [1.54, 1.807) is 39.5 Å². The molecule has 1 aliphatic rings. The fraction of sp³-hybridized carbons (Fsp3) is 0.567. The van der Waals surface area contributed by atoms with Crippen LogP contribution in [0.15, 0.2) is 40.9 Å². The van der Waals surface area contributed by atoms with Gasteiger partial charge in [0.2, 0.25) is 0 Å². The van der Waals surface area contributed by atoms with Crippen molar-refractivity contribution in [1.29, 1.82) is 0 Å². The largest absolute Gasteiger partial charge is 0.496 e. The first kappa shape index (κ1) is 34.4. The molecule has 0 aliphatic heterocycles. The van der Waals surface area contributed by atoms with Crippen LogP contribution >= 0.6 is 27.5 Å². The third-order valence-electron chi connectivity index (χ3n) is 6.55. The molecule has 2 aromatic rings. The number of carbonyl (C=O) groups is 1. The summed E-state index contributed by atoms with van der Waals surface area (Å²) in [7, 11) is 7.11. The van der Waals surface area contributed by atoms with Gasteiger partial charge in [-0.25, -0.2) is 0 Å². The summed E-state index contributed by atoms with van der Waals surface area (Å²) in [5, 5.41) is 7.09. The van der Waals surface area contributed by atoms with Crippen molar-refractivity contribution < 1.29 is 19.0 Å². The molecule has 2 aromatic carbocycles. The predicted octanol–water partition coefficient (Wildman–Crippen LogP) is 7.80. The Morgan fingerprint density at radius 2 is 1.71 bits per heavy atom. The van der Waals surface area contributed by atoms with E-state index < -0.39 is 0 Å². The van der Waals surface area contributed by atoms with Gasteiger partial charge in [0.15, 0.2) is 0 Å². The quantitative estimate of drug-likeness (QED) is 0.238. The average molecular weight is 614 g/mol. The van der Waals surface area contributed by atoms with E-state index in [2.05, 4.69) is 33.6 Å². The molecule has 214 valence electrons. The number of hydrogen-bond acceptors (Lipinski definition) is 6. The van der Waals surface area contributed by atoms with Crippen LogP contribution in [0.3, 0.4) is 0 Å². The second-order valence-corrected chi connectivity index (χ2v) is 10.4. The smallest absolute Gasteiger partial charge is 0.150 e. The van der Waals surface area contributed by atoms with E-state index in [1.807, 2.05) is 32.0 Å². The molecule has 0 aromatic heterocycles. The molecular weight excluding hydrogens is 568 g/mol. The van der Waals surface area contributed by atoms with Gasteiger partial charge in [-0.05, 0) is 81.1 Å². The molecule has 1 aliphatic carbocycles. The van der Waals surface area contributed by atoms with E-state index in [4.69, 9.17) is 25.8 Å². The van der Waals surface area contributed by atoms with Gasteiger partial charge < -0.3 is 24.8 Å². The number of methoxy groups -OCH3 is 3. The van der Waals surface area contributed by atoms with Gasteiger partial charge >= 0.3 is 0 Å². The van der Waals surface area contributed by atoms with Crippen molar-refractivity contribution >= 4 is 39.5 Å². The predicted molar refractivity (Wildman–Crippen MR) is 163 cm³/mol. The molecule has 2 N–H and O–H groups in total. The number of anilines is 1. The first-order valence-corrected chi connectivity index (χ1v) is 14.6. The van der Waals surface area contributed by atoms with E-state index in [0.717, 1.165) is 46.2 Å². The molecule has 38 heavy (non-hydrogen) atoms. The number of benzene rings is 2. The van der Waals surface area contributed by atoms with Gasteiger partial charge in [0.05, 0.1) is 30.5 Å². The van der Waals surface area contributed by atoms with Crippen LogP contribution in [-0.2, 0) is 9.47 Å². The van der Waals surface area contributed by atoms with Gasteiger partial charge in [0, 0.05) is 36.4 Å². The topological polar surface area (TPSA) is 68.8 Å². The van der Waals surface area contributed by atoms with Crippen LogP contribution < -0.4 is 15.4 Å². The Bertz CT molecular complexity index is 923. The lowest BCUT2D eigenvalue weighted by molar-refractivity contribution is 0.112. The maximum Gasteiger partial charge on any atom is 0.150 e. The van der Waals surface area contributed by atoms with Crippen LogP contribution in [0, 0.1) is 11.8 Å². The van der Waals surface area contributed by atoms with E-state index in [0.29, 0.717) is 17.2 Å². The van der Waals surface area contributed by atoms with Crippen LogP contribution in [0.1, 0.15) is 67.9 Å². The highest BCUT2D eigenvalue weighted by atomic mass is 79.9. The lowest BCUT2D eigenvalue weighted by Gasteiger charge is -2.28. The number of halogens is 2. The minimum absolute atomic E-state index is 0.160. The zero-order valence-electron chi connectivity index (χ0n) is 23.8. The summed E-state index contributed by atoms with van der Waals surface area (Å²) in [6, 6.07) is 10.7. The van der Waals surface area contributed by atoms with E-state index in [9.17, 15) is 4.79 Å². The van der Waals surface area contributed by atoms with Crippen molar-refractivity contribution in [3.05, 3.63) is 57.0 Å². The number of ether oxygens (including phenoxy) is 3. The standard InChI is InChI=1S/C17H17BrClNO3.C11H23NO.C2H6/c1-22-10-16(13-8-12(18)4-6-17(13)23-2)20-15-5-3-11(9-21)7-14(15)19;1-12-9-11-5-3-10(4-6-11)7-8-13-2;1-2/h3-9,16,20H,10H2,1-2H3;10-12H,3-9H2,1-2H3;1-2H3. The number of nitrogens with one attached hydrogen (secondary N) is 2. The zero-order valence-corrected chi connectivity index (χ0v) is 26.2. The van der Waals surface area contributed by atoms with Gasteiger partial charge in [-0.15, -0.1) is 0 Å². The van der Waals surface area contributed by atoms with Crippen molar-refractivity contribution in [2.24, 2.45) is 11.8 Å². The Morgan fingerprint density at radius 3 is 2.26 bits per heavy atom. The summed E-state index contributed by atoms with van der Waals surface area (Å²) in [5.74, 6) is 2.63. The van der Waals surface area contributed by atoms with E-state index in [1.165, 1.54) is 38.6 Å². The maximum absolute atomic E-state index is 10.8. The van der Waals surface area contributed by atoms with Crippen LogP contribution in [0.2, 0.25) is 5.02 Å². The third-order valence-corrected chi connectivity index (χ3v) is 7.35. The highest BCUT2D eigenvalue weighted by Gasteiger charge is 2.20. The Morgan fingerprint density at radius 1 is 1.03 bits per heavy atom. The maximum atomic E-state index is 10.8. The first-order valence-electron chi connectivity index (χ1n) is 13.4. The van der Waals surface area contributed by atoms with Crippen LogP contribution in [-0.4, -0.2) is 54.4 Å². The van der Waals surface area contributed by atoms with Crippen LogP contribution in [0.5, 0.6) is 5.75 Å². The normalized spacial score (nSPS) is 17.3. The van der Waals surface area contributed by atoms with E-state index in [-0.39, 0.29) is 6.04 Å². The molecule has 0 amide bonds. The van der Waals surface area contributed by atoms with Crippen molar-refractivity contribution in [1.82, 2.24) is 5.32 Å². The summed E-state index contributed by atoms with van der Waals surface area (Å²) in [5.41, 5.74) is 2.20. The van der Waals surface area contributed by atoms with Crippen molar-refractivity contribution in [2.45, 2.75) is 52.0 Å². The summed E-state index contributed by atoms with van der Waals surface area (Å²) in [6.07, 6.45) is 7.68. The molecule has 1 atom stereocenters. The second kappa shape index (κ2) is 20.3. The molecule has 1 unspecified atom stereocenters. The molecule has 0 radical (unpaired) electrons. The van der Waals surface area contributed by atoms with Gasteiger partial charge in [-0.1, -0.05) is 54.2 Å². The Hall–Kier alpha value is -1.64. The summed E-state index contributed by atoms with van der Waals surface area (Å²) < 4.78 is 16.8. The molecule has 6 nitrogen and oxygen atoms in total.